The Morgan fingerprint density at radius 2 is 2.04 bits per heavy atom. The van der Waals surface area contributed by atoms with E-state index >= 15 is 0 Å². The second-order valence-electron chi connectivity index (χ2n) is 9.39. The van der Waals surface area contributed by atoms with Crippen LogP contribution in [-0.2, 0) is 11.8 Å². The first-order valence-electron chi connectivity index (χ1n) is 10.8. The minimum atomic E-state index is -0.281. The van der Waals surface area contributed by atoms with E-state index in [1.54, 1.807) is 0 Å². The van der Waals surface area contributed by atoms with E-state index in [2.05, 4.69) is 17.0 Å². The monoisotopic (exact) mass is 352 g/mol. The van der Waals surface area contributed by atoms with Gasteiger partial charge in [-0.2, -0.15) is 0 Å². The molecule has 1 saturated heterocycles. The van der Waals surface area contributed by atoms with Gasteiger partial charge in [-0.25, -0.2) is 0 Å². The lowest BCUT2D eigenvalue weighted by molar-refractivity contribution is -0.0150. The number of carbonyl (C=O) groups is 1. The molecule has 1 aliphatic heterocycles. The van der Waals surface area contributed by atoms with Crippen molar-refractivity contribution in [2.24, 2.45) is 17.6 Å². The molecule has 3 nitrogen and oxygen atoms in total. The lowest BCUT2D eigenvalue weighted by Crippen LogP contribution is -2.61. The second-order valence-corrected chi connectivity index (χ2v) is 9.39. The Bertz CT molecular complexity index is 710. The molecule has 0 spiro atoms. The number of benzene rings is 1. The van der Waals surface area contributed by atoms with Gasteiger partial charge >= 0.3 is 0 Å². The molecule has 1 heterocycles. The molecule has 26 heavy (non-hydrogen) atoms. The highest BCUT2D eigenvalue weighted by Gasteiger charge is 2.53. The summed E-state index contributed by atoms with van der Waals surface area (Å²) in [5.74, 6) is 1.50. The standard InChI is InChI=1S/C23H32N2O/c24-22(26)18-8-7-17-15-21-19-6-1-2-10-23(19,20(17)14-18)11-13-25(21)12-9-16-4-3-5-16/h7-8,14,16,19,21H,1-6,9-13,15H2,(H2,24,26)/t19?,21-,23-/m1/s1. The summed E-state index contributed by atoms with van der Waals surface area (Å²) in [6.07, 6.45) is 13.6. The molecule has 3 fully saturated rings. The summed E-state index contributed by atoms with van der Waals surface area (Å²) in [7, 11) is 0. The van der Waals surface area contributed by atoms with E-state index in [0.29, 0.717) is 11.0 Å². The molecule has 0 radical (unpaired) electrons. The Morgan fingerprint density at radius 3 is 2.81 bits per heavy atom. The Balaban J connectivity index is 1.48. The van der Waals surface area contributed by atoms with E-state index in [4.69, 9.17) is 5.73 Å². The smallest absolute Gasteiger partial charge is 0.248 e. The lowest BCUT2D eigenvalue weighted by atomic mass is 9.52. The molecule has 3 heteroatoms. The summed E-state index contributed by atoms with van der Waals surface area (Å²) >= 11 is 0. The van der Waals surface area contributed by atoms with Gasteiger partial charge in [-0.3, -0.25) is 9.69 Å². The molecule has 2 N–H and O–H groups in total. The van der Waals surface area contributed by atoms with Gasteiger partial charge in [0.15, 0.2) is 0 Å². The van der Waals surface area contributed by atoms with Gasteiger partial charge < -0.3 is 5.73 Å². The van der Waals surface area contributed by atoms with Crippen LogP contribution in [0.15, 0.2) is 18.2 Å². The molecule has 1 amide bonds. The molecule has 140 valence electrons. The molecule has 0 aromatic heterocycles. The predicted octanol–water partition coefficient (Wildman–Crippen LogP) is 4.03. The lowest BCUT2D eigenvalue weighted by Gasteiger charge is -2.59. The zero-order valence-electron chi connectivity index (χ0n) is 15.9. The molecule has 5 rings (SSSR count). The highest BCUT2D eigenvalue weighted by atomic mass is 16.1. The van der Waals surface area contributed by atoms with Crippen LogP contribution in [-0.4, -0.2) is 29.9 Å². The summed E-state index contributed by atoms with van der Waals surface area (Å²) in [4.78, 5) is 14.6. The molecular formula is C23H32N2O. The number of nitrogens with two attached hydrogens (primary N) is 1. The minimum absolute atomic E-state index is 0.281. The van der Waals surface area contributed by atoms with Crippen molar-refractivity contribution < 1.29 is 4.79 Å². The van der Waals surface area contributed by atoms with Crippen molar-refractivity contribution in [2.45, 2.75) is 75.7 Å². The molecule has 1 unspecified atom stereocenters. The number of hydrogen-bond acceptors (Lipinski definition) is 2. The van der Waals surface area contributed by atoms with Crippen molar-refractivity contribution >= 4 is 5.91 Å². The maximum absolute atomic E-state index is 11.8. The van der Waals surface area contributed by atoms with Crippen LogP contribution in [0.3, 0.4) is 0 Å². The number of nitrogens with zero attached hydrogens (tertiary/aromatic N) is 1. The number of amides is 1. The summed E-state index contributed by atoms with van der Waals surface area (Å²) in [6.45, 7) is 2.55. The fourth-order valence-corrected chi connectivity index (χ4v) is 6.65. The van der Waals surface area contributed by atoms with Crippen LogP contribution >= 0.6 is 0 Å². The highest BCUT2D eigenvalue weighted by molar-refractivity contribution is 5.93. The Morgan fingerprint density at radius 1 is 1.15 bits per heavy atom. The third-order valence-corrected chi connectivity index (χ3v) is 8.29. The average molecular weight is 353 g/mol. The molecular weight excluding hydrogens is 320 g/mol. The molecule has 4 aliphatic rings. The summed E-state index contributed by atoms with van der Waals surface area (Å²) < 4.78 is 0. The van der Waals surface area contributed by atoms with Gasteiger partial charge in [0.1, 0.15) is 0 Å². The zero-order chi connectivity index (χ0) is 17.7. The summed E-state index contributed by atoms with van der Waals surface area (Å²) in [5.41, 5.74) is 9.59. The van der Waals surface area contributed by atoms with E-state index in [9.17, 15) is 4.79 Å². The SMILES string of the molecule is NC(=O)c1ccc2c(c1)[C@@]13CCCCC1[C@@H](C2)N(CCC1CCC1)CC3. The quantitative estimate of drug-likeness (QED) is 0.889. The predicted molar refractivity (Wildman–Crippen MR) is 104 cm³/mol. The molecule has 2 bridgehead atoms. The van der Waals surface area contributed by atoms with Crippen LogP contribution in [0.2, 0.25) is 0 Å². The van der Waals surface area contributed by atoms with E-state index in [-0.39, 0.29) is 5.91 Å². The van der Waals surface area contributed by atoms with Crippen LogP contribution in [0.4, 0.5) is 0 Å². The first-order chi connectivity index (χ1) is 12.7. The number of fused-ring (bicyclic) bond motifs is 1. The maximum atomic E-state index is 11.8. The van der Waals surface area contributed by atoms with E-state index in [1.165, 1.54) is 88.4 Å². The first kappa shape index (κ1) is 16.8. The summed E-state index contributed by atoms with van der Waals surface area (Å²) in [5, 5.41) is 0. The van der Waals surface area contributed by atoms with Gasteiger partial charge in [0.05, 0.1) is 0 Å². The maximum Gasteiger partial charge on any atom is 0.248 e. The van der Waals surface area contributed by atoms with Gasteiger partial charge in [-0.15, -0.1) is 0 Å². The third kappa shape index (κ3) is 2.54. The van der Waals surface area contributed by atoms with Crippen molar-refractivity contribution in [2.75, 3.05) is 13.1 Å². The summed E-state index contributed by atoms with van der Waals surface area (Å²) in [6, 6.07) is 7.05. The number of rotatable bonds is 4. The van der Waals surface area contributed by atoms with Crippen molar-refractivity contribution in [3.63, 3.8) is 0 Å². The van der Waals surface area contributed by atoms with Gasteiger partial charge in [-0.05, 0) is 80.3 Å². The van der Waals surface area contributed by atoms with Gasteiger partial charge in [0, 0.05) is 17.0 Å². The fourth-order valence-electron chi connectivity index (χ4n) is 6.65. The van der Waals surface area contributed by atoms with Crippen LogP contribution in [0.25, 0.3) is 0 Å². The van der Waals surface area contributed by atoms with E-state index in [0.717, 1.165) is 17.9 Å². The third-order valence-electron chi connectivity index (χ3n) is 8.29. The van der Waals surface area contributed by atoms with Crippen LogP contribution in [0.5, 0.6) is 0 Å². The van der Waals surface area contributed by atoms with Crippen molar-refractivity contribution in [1.29, 1.82) is 0 Å². The highest BCUT2D eigenvalue weighted by Crippen LogP contribution is 2.56. The Labute approximate surface area is 157 Å². The van der Waals surface area contributed by atoms with Crippen molar-refractivity contribution in [3.8, 4) is 0 Å². The second kappa shape index (κ2) is 6.37. The van der Waals surface area contributed by atoms with Gasteiger partial charge in [-0.1, -0.05) is 38.2 Å². The topological polar surface area (TPSA) is 46.3 Å². The fraction of sp³-hybridized carbons (Fsp3) is 0.696. The molecule has 1 aromatic rings. The van der Waals surface area contributed by atoms with Gasteiger partial charge in [0.2, 0.25) is 5.91 Å². The van der Waals surface area contributed by atoms with E-state index < -0.39 is 0 Å². The molecule has 3 atom stereocenters. The van der Waals surface area contributed by atoms with Crippen molar-refractivity contribution in [3.05, 3.63) is 34.9 Å². The van der Waals surface area contributed by atoms with E-state index in [1.807, 2.05) is 6.07 Å². The van der Waals surface area contributed by atoms with Crippen molar-refractivity contribution in [1.82, 2.24) is 4.90 Å². The minimum Gasteiger partial charge on any atom is -0.366 e. The number of carbonyl (C=O) groups excluding carboxylic acids is 1. The molecule has 3 aliphatic carbocycles. The number of likely N-dealkylation sites (tertiary alicyclic amines) is 1. The molecule has 1 aromatic carbocycles. The normalized spacial score (nSPS) is 33.8. The Hall–Kier alpha value is -1.35. The van der Waals surface area contributed by atoms with Gasteiger partial charge in [0.25, 0.3) is 0 Å². The van der Waals surface area contributed by atoms with Crippen LogP contribution in [0, 0.1) is 11.8 Å². The largest absolute Gasteiger partial charge is 0.366 e. The average Bonchev–Trinajstić information content (AvgIpc) is 2.61. The number of primary amides is 1. The number of hydrogen-bond donors (Lipinski definition) is 1. The number of piperidine rings is 1. The zero-order valence-corrected chi connectivity index (χ0v) is 15.9. The van der Waals surface area contributed by atoms with Crippen LogP contribution in [0.1, 0.15) is 79.3 Å². The first-order valence-corrected chi connectivity index (χ1v) is 10.8. The Kier molecular flexibility index (Phi) is 4.11. The van der Waals surface area contributed by atoms with Crippen LogP contribution < -0.4 is 5.73 Å². The molecule has 2 saturated carbocycles.